The Labute approximate surface area is 48.4 Å². The predicted octanol–water partition coefficient (Wildman–Crippen LogP) is -1.77. The molecule has 0 aromatic rings. The molecule has 4 N–H and O–H groups in total. The molecule has 0 heterocycles. The number of hydrogen-bond donors (Lipinski definition) is 4. The SMILES string of the molecule is [CH3][AlH][NH]C(O)NO. The van der Waals surface area contributed by atoms with E-state index in [2.05, 4.69) is 4.30 Å². The zero-order chi connectivity index (χ0) is 5.70. The molecular weight excluding hydrogens is 111 g/mol. The molecule has 42 valence electrons. The Morgan fingerprint density at radius 3 is 2.43 bits per heavy atom. The second kappa shape index (κ2) is 4.53. The topological polar surface area (TPSA) is 64.5 Å². The molecule has 0 spiro atoms. The molecule has 0 aliphatic carbocycles. The lowest BCUT2D eigenvalue weighted by molar-refractivity contribution is -0.00479. The summed E-state index contributed by atoms with van der Waals surface area (Å²) in [6.45, 7) is 0. The first-order valence-corrected chi connectivity index (χ1v) is 4.24. The van der Waals surface area contributed by atoms with Crippen LogP contribution in [0, 0.1) is 0 Å². The van der Waals surface area contributed by atoms with Crippen LogP contribution >= 0.6 is 0 Å². The third-order valence-electron chi connectivity index (χ3n) is 0.520. The van der Waals surface area contributed by atoms with E-state index in [0.29, 0.717) is 0 Å². The van der Waals surface area contributed by atoms with E-state index in [1.54, 1.807) is 5.48 Å². The Bertz CT molecular complexity index is 44.7. The van der Waals surface area contributed by atoms with E-state index in [0.717, 1.165) is 0 Å². The third-order valence-corrected chi connectivity index (χ3v) is 1.31. The summed E-state index contributed by atoms with van der Waals surface area (Å²) < 4.78 is 2.63. The minimum Gasteiger partial charge on any atom is -0.365 e. The molecule has 0 saturated carbocycles. The highest BCUT2D eigenvalue weighted by molar-refractivity contribution is 6.30. The standard InChI is InChI=1S/CH5N2O2.CH3.Al.H/c2-1(4)3-5;;;/h1-5H;1H3;;/q-1;;+1;. The summed E-state index contributed by atoms with van der Waals surface area (Å²) in [7, 11) is 0. The normalized spacial score (nSPS) is 13.6. The Hall–Kier alpha value is 0.372. The van der Waals surface area contributed by atoms with Gasteiger partial charge in [0.15, 0.2) is 6.35 Å². The zero-order valence-corrected chi connectivity index (χ0v) is 5.59. The Morgan fingerprint density at radius 2 is 2.29 bits per heavy atom. The summed E-state index contributed by atoms with van der Waals surface area (Å²) in [4.78, 5) is 0. The minimum atomic E-state index is -0.934. The maximum Gasteiger partial charge on any atom is 0.344 e. The van der Waals surface area contributed by atoms with Crippen LogP contribution in [0.15, 0.2) is 0 Å². The average Bonchev–Trinajstić information content (AvgIpc) is 1.68. The molecule has 4 nitrogen and oxygen atoms in total. The van der Waals surface area contributed by atoms with Crippen LogP contribution < -0.4 is 9.78 Å². The van der Waals surface area contributed by atoms with E-state index in [4.69, 9.17) is 10.3 Å². The Kier molecular flexibility index (Phi) is 4.77. The first-order chi connectivity index (χ1) is 3.31. The molecule has 0 aliphatic rings. The molecule has 0 aromatic carbocycles. The average molecular weight is 120 g/mol. The van der Waals surface area contributed by atoms with Crippen LogP contribution in [0.25, 0.3) is 0 Å². The van der Waals surface area contributed by atoms with Crippen molar-refractivity contribution in [3.8, 4) is 0 Å². The molecular formula is C2H9AlN2O2. The number of aliphatic hydroxyl groups excluding tert-OH is 1. The lowest BCUT2D eigenvalue weighted by Gasteiger charge is -2.05. The molecule has 0 saturated heterocycles. The van der Waals surface area contributed by atoms with E-state index in [1.807, 2.05) is 5.79 Å². The van der Waals surface area contributed by atoms with Crippen molar-refractivity contribution in [2.24, 2.45) is 0 Å². The van der Waals surface area contributed by atoms with Crippen molar-refractivity contribution >= 4 is 15.4 Å². The van der Waals surface area contributed by atoms with Gasteiger partial charge in [-0.25, -0.2) is 0 Å². The maximum atomic E-state index is 8.42. The molecule has 0 fully saturated rings. The van der Waals surface area contributed by atoms with Crippen LogP contribution in [-0.2, 0) is 0 Å². The van der Waals surface area contributed by atoms with E-state index in [1.165, 1.54) is 0 Å². The lowest BCUT2D eigenvalue weighted by atomic mass is 11.1. The van der Waals surface area contributed by atoms with Crippen molar-refractivity contribution in [2.45, 2.75) is 12.1 Å². The number of aliphatic hydroxyl groups is 1. The van der Waals surface area contributed by atoms with Gasteiger partial charge in [0.25, 0.3) is 0 Å². The van der Waals surface area contributed by atoms with Gasteiger partial charge in [-0.15, -0.1) is 0 Å². The van der Waals surface area contributed by atoms with Gasteiger partial charge in [0.2, 0.25) is 0 Å². The van der Waals surface area contributed by atoms with Crippen molar-refractivity contribution in [3.05, 3.63) is 0 Å². The second-order valence-electron chi connectivity index (χ2n) is 1.09. The monoisotopic (exact) mass is 120 g/mol. The smallest absolute Gasteiger partial charge is 0.344 e. The van der Waals surface area contributed by atoms with Crippen LogP contribution in [0.4, 0.5) is 0 Å². The van der Waals surface area contributed by atoms with Crippen molar-refractivity contribution in [1.82, 2.24) is 9.78 Å². The van der Waals surface area contributed by atoms with Gasteiger partial charge in [-0.3, -0.25) is 0 Å². The van der Waals surface area contributed by atoms with E-state index >= 15 is 0 Å². The summed E-state index contributed by atoms with van der Waals surface area (Å²) in [6, 6.07) is 0. The number of hydroxylamine groups is 1. The van der Waals surface area contributed by atoms with Crippen LogP contribution in [0.5, 0.6) is 0 Å². The molecule has 0 bridgehead atoms. The lowest BCUT2D eigenvalue weighted by Crippen LogP contribution is -2.41. The minimum absolute atomic E-state index is 0.367. The summed E-state index contributed by atoms with van der Waals surface area (Å²) in [5, 5.41) is 16.3. The molecule has 0 aliphatic heterocycles. The van der Waals surface area contributed by atoms with E-state index in [9.17, 15) is 0 Å². The fourth-order valence-electron chi connectivity index (χ4n) is 0.239. The van der Waals surface area contributed by atoms with Gasteiger partial charge in [0, 0.05) is 0 Å². The van der Waals surface area contributed by atoms with Crippen molar-refractivity contribution in [2.75, 3.05) is 0 Å². The van der Waals surface area contributed by atoms with E-state index in [-0.39, 0.29) is 15.4 Å². The Balaban J connectivity index is 2.83. The first kappa shape index (κ1) is 7.37. The van der Waals surface area contributed by atoms with Gasteiger partial charge in [-0.2, -0.15) is 5.48 Å². The largest absolute Gasteiger partial charge is 0.365 e. The highest BCUT2D eigenvalue weighted by atomic mass is 27.1. The van der Waals surface area contributed by atoms with Crippen LogP contribution in [0.1, 0.15) is 0 Å². The van der Waals surface area contributed by atoms with Gasteiger partial charge >= 0.3 is 15.4 Å². The number of nitrogens with one attached hydrogen (secondary N) is 2. The first-order valence-electron chi connectivity index (χ1n) is 2.12. The van der Waals surface area contributed by atoms with Gasteiger partial charge in [0.05, 0.1) is 0 Å². The zero-order valence-electron chi connectivity index (χ0n) is 4.18. The summed E-state index contributed by atoms with van der Waals surface area (Å²) >= 11 is -0.367. The summed E-state index contributed by atoms with van der Waals surface area (Å²) in [5.74, 6) is 1.96. The fraction of sp³-hybridized carbons (Fsp3) is 1.00. The summed E-state index contributed by atoms with van der Waals surface area (Å²) in [6.07, 6.45) is -0.934. The van der Waals surface area contributed by atoms with Crippen molar-refractivity contribution in [1.29, 1.82) is 0 Å². The molecule has 1 atom stereocenters. The van der Waals surface area contributed by atoms with Crippen LogP contribution in [0.2, 0.25) is 5.79 Å². The van der Waals surface area contributed by atoms with Crippen molar-refractivity contribution < 1.29 is 10.3 Å². The molecule has 0 rings (SSSR count). The van der Waals surface area contributed by atoms with Crippen molar-refractivity contribution in [3.63, 3.8) is 0 Å². The second-order valence-corrected chi connectivity index (χ2v) is 2.20. The quantitative estimate of drug-likeness (QED) is 0.202. The van der Waals surface area contributed by atoms with Crippen LogP contribution in [0.3, 0.4) is 0 Å². The molecule has 1 unspecified atom stereocenters. The predicted molar refractivity (Wildman–Crippen MR) is 27.1 cm³/mol. The summed E-state index contributed by atoms with van der Waals surface area (Å²) in [5.41, 5.74) is 1.64. The van der Waals surface area contributed by atoms with Gasteiger partial charge in [-0.05, 0) is 0 Å². The number of hydrogen-bond acceptors (Lipinski definition) is 4. The van der Waals surface area contributed by atoms with E-state index < -0.39 is 6.35 Å². The third kappa shape index (κ3) is 4.22. The highest BCUT2D eigenvalue weighted by Gasteiger charge is 1.93. The number of rotatable bonds is 3. The van der Waals surface area contributed by atoms with Gasteiger partial charge in [-0.1, -0.05) is 5.79 Å². The van der Waals surface area contributed by atoms with Gasteiger partial charge < -0.3 is 14.6 Å². The maximum absolute atomic E-state index is 8.42. The highest BCUT2D eigenvalue weighted by Crippen LogP contribution is 1.58. The molecule has 0 radical (unpaired) electrons. The molecule has 0 amide bonds. The van der Waals surface area contributed by atoms with Crippen LogP contribution in [-0.4, -0.2) is 32.1 Å². The van der Waals surface area contributed by atoms with Gasteiger partial charge in [0.1, 0.15) is 0 Å². The molecule has 5 heteroatoms. The fourth-order valence-corrected chi connectivity index (χ4v) is 0.717. The molecule has 7 heavy (non-hydrogen) atoms. The Morgan fingerprint density at radius 1 is 1.71 bits per heavy atom. The molecule has 0 aromatic heterocycles.